The molecule has 4 aromatic rings. The fraction of sp³-hybridized carbons (Fsp3) is 0.459. The Labute approximate surface area is 268 Å². The zero-order chi connectivity index (χ0) is 31.8. The van der Waals surface area contributed by atoms with E-state index in [4.69, 9.17) is 0 Å². The van der Waals surface area contributed by atoms with Crippen LogP contribution in [0.1, 0.15) is 68.5 Å². The number of benzene rings is 2. The number of aliphatic hydroxyl groups excluding tert-OH is 1. The second-order valence-electron chi connectivity index (χ2n) is 14.6. The van der Waals surface area contributed by atoms with E-state index in [9.17, 15) is 19.4 Å². The molecule has 0 bridgehead atoms. The maximum absolute atomic E-state index is 13.9. The first-order chi connectivity index (χ1) is 22.1. The van der Waals surface area contributed by atoms with Gasteiger partial charge in [-0.2, -0.15) is 5.10 Å². The SMILES string of the molecule is CC12Cc3cnn(-c4ccc(F)cc4)c3C=C1CCC1C2[C@@H](O)CC2(C)C1CC[C@]2(O)C(=O)Cn1cc(Cc2ccccc2)nn1. The Balaban J connectivity index is 1.03. The summed E-state index contributed by atoms with van der Waals surface area (Å²) in [5.41, 5.74) is 3.64. The highest BCUT2D eigenvalue weighted by Gasteiger charge is 2.68. The highest BCUT2D eigenvalue weighted by Crippen LogP contribution is 2.67. The Morgan fingerprint density at radius 2 is 1.87 bits per heavy atom. The number of hydrogen-bond donors (Lipinski definition) is 2. The van der Waals surface area contributed by atoms with E-state index in [1.54, 1.807) is 23.0 Å². The van der Waals surface area contributed by atoms with E-state index in [2.05, 4.69) is 28.4 Å². The number of allylic oxidation sites excluding steroid dienone is 1. The van der Waals surface area contributed by atoms with Crippen LogP contribution in [0.5, 0.6) is 0 Å². The van der Waals surface area contributed by atoms with Crippen LogP contribution in [0.4, 0.5) is 4.39 Å². The number of Topliss-reactive ketones (excluding diaryl/α,β-unsaturated/α-hetero) is 1. The summed E-state index contributed by atoms with van der Waals surface area (Å²) in [5, 5.41) is 37.4. The summed E-state index contributed by atoms with van der Waals surface area (Å²) in [6.07, 6.45) is 9.98. The standard InChI is InChI=1S/C37H40FN5O3/c1-35-18-24-20-39-43(28-11-9-26(38)10-12-28)31(24)17-25(35)8-13-29-30-14-15-37(46,36(30,2)19-32(44)34(29)35)33(45)22-42-21-27(40-41-42)16-23-6-4-3-5-7-23/h3-7,9-12,17,20-21,29-30,32,34,44,46H,8,13-16,18-19,22H2,1-2H3/t29?,30?,32-,34?,35?,36?,37-/m0/s1. The van der Waals surface area contributed by atoms with Gasteiger partial charge in [0.25, 0.3) is 0 Å². The number of carbonyl (C=O) groups excluding carboxylic acids is 1. The monoisotopic (exact) mass is 621 g/mol. The molecule has 4 aliphatic rings. The molecular weight excluding hydrogens is 581 g/mol. The van der Waals surface area contributed by atoms with Crippen LogP contribution in [0.15, 0.2) is 72.6 Å². The summed E-state index contributed by atoms with van der Waals surface area (Å²) < 4.78 is 17.0. The number of nitrogens with zero attached hydrogens (tertiary/aromatic N) is 5. The van der Waals surface area contributed by atoms with E-state index in [1.807, 2.05) is 48.1 Å². The molecule has 0 spiro atoms. The molecule has 3 saturated carbocycles. The fourth-order valence-corrected chi connectivity index (χ4v) is 10.0. The minimum Gasteiger partial charge on any atom is -0.393 e. The highest BCUT2D eigenvalue weighted by atomic mass is 19.1. The number of aromatic nitrogens is 5. The van der Waals surface area contributed by atoms with Crippen LogP contribution in [0.25, 0.3) is 11.8 Å². The van der Waals surface area contributed by atoms with Crippen molar-refractivity contribution in [3.8, 4) is 5.69 Å². The zero-order valence-electron chi connectivity index (χ0n) is 26.3. The zero-order valence-corrected chi connectivity index (χ0v) is 26.3. The van der Waals surface area contributed by atoms with Crippen molar-refractivity contribution >= 4 is 11.9 Å². The van der Waals surface area contributed by atoms with Gasteiger partial charge < -0.3 is 10.2 Å². The molecule has 2 heterocycles. The summed E-state index contributed by atoms with van der Waals surface area (Å²) in [4.78, 5) is 13.9. The van der Waals surface area contributed by atoms with Crippen LogP contribution in [0.2, 0.25) is 0 Å². The molecule has 2 aromatic heterocycles. The smallest absolute Gasteiger partial charge is 0.186 e. The number of carbonyl (C=O) groups is 1. The van der Waals surface area contributed by atoms with Crippen molar-refractivity contribution < 1.29 is 19.4 Å². The van der Waals surface area contributed by atoms with Crippen LogP contribution in [0.3, 0.4) is 0 Å². The van der Waals surface area contributed by atoms with Gasteiger partial charge in [0.05, 0.1) is 29.4 Å². The summed E-state index contributed by atoms with van der Waals surface area (Å²) in [7, 11) is 0. The van der Waals surface area contributed by atoms with Crippen molar-refractivity contribution in [2.24, 2.45) is 28.6 Å². The first-order valence-corrected chi connectivity index (χ1v) is 16.5. The van der Waals surface area contributed by atoms with Crippen molar-refractivity contribution in [3.05, 3.63) is 101 Å². The van der Waals surface area contributed by atoms with Gasteiger partial charge in [0.15, 0.2) is 5.78 Å². The van der Waals surface area contributed by atoms with Crippen LogP contribution in [-0.2, 0) is 24.2 Å². The Hall–Kier alpha value is -3.95. The molecule has 3 fully saturated rings. The molecule has 9 heteroatoms. The Kier molecular flexibility index (Phi) is 6.75. The molecular formula is C37H40FN5O3. The van der Waals surface area contributed by atoms with Crippen molar-refractivity contribution in [1.29, 1.82) is 0 Å². The average Bonchev–Trinajstić information content (AvgIpc) is 3.72. The first-order valence-electron chi connectivity index (χ1n) is 16.5. The lowest BCUT2D eigenvalue weighted by atomic mass is 9.45. The summed E-state index contributed by atoms with van der Waals surface area (Å²) >= 11 is 0. The third-order valence-corrected chi connectivity index (χ3v) is 12.2. The van der Waals surface area contributed by atoms with Crippen LogP contribution in [-0.4, -0.2) is 52.5 Å². The molecule has 8 rings (SSSR count). The van der Waals surface area contributed by atoms with E-state index >= 15 is 0 Å². The molecule has 7 atom stereocenters. The van der Waals surface area contributed by atoms with Crippen molar-refractivity contribution in [1.82, 2.24) is 24.8 Å². The van der Waals surface area contributed by atoms with Crippen LogP contribution >= 0.6 is 0 Å². The number of halogens is 1. The maximum Gasteiger partial charge on any atom is 0.186 e. The number of ketones is 1. The predicted octanol–water partition coefficient (Wildman–Crippen LogP) is 5.35. The van der Waals surface area contributed by atoms with Gasteiger partial charge in [-0.25, -0.2) is 13.8 Å². The molecule has 5 unspecified atom stereocenters. The summed E-state index contributed by atoms with van der Waals surface area (Å²) in [6.45, 7) is 4.27. The third-order valence-electron chi connectivity index (χ3n) is 12.2. The Bertz CT molecular complexity index is 1830. The molecule has 238 valence electrons. The lowest BCUT2D eigenvalue weighted by Gasteiger charge is -2.60. The Morgan fingerprint density at radius 1 is 1.09 bits per heavy atom. The second-order valence-corrected chi connectivity index (χ2v) is 14.6. The van der Waals surface area contributed by atoms with Gasteiger partial charge in [-0.15, -0.1) is 5.10 Å². The number of aliphatic hydroxyl groups is 2. The third kappa shape index (κ3) is 4.38. The minimum atomic E-state index is -1.54. The molecule has 46 heavy (non-hydrogen) atoms. The van der Waals surface area contributed by atoms with Crippen LogP contribution in [0, 0.1) is 34.4 Å². The molecule has 0 radical (unpaired) electrons. The molecule has 4 aliphatic carbocycles. The molecule has 8 nitrogen and oxygen atoms in total. The minimum absolute atomic E-state index is 0.0150. The van der Waals surface area contributed by atoms with E-state index in [-0.39, 0.29) is 41.3 Å². The average molecular weight is 622 g/mol. The van der Waals surface area contributed by atoms with Crippen molar-refractivity contribution in [2.45, 2.75) is 77.0 Å². The number of hydrogen-bond acceptors (Lipinski definition) is 6. The van der Waals surface area contributed by atoms with Gasteiger partial charge in [0.1, 0.15) is 18.0 Å². The fourth-order valence-electron chi connectivity index (χ4n) is 10.0. The Morgan fingerprint density at radius 3 is 2.65 bits per heavy atom. The van der Waals surface area contributed by atoms with E-state index < -0.39 is 17.1 Å². The van der Waals surface area contributed by atoms with Gasteiger partial charge >= 0.3 is 0 Å². The molecule has 0 saturated heterocycles. The summed E-state index contributed by atoms with van der Waals surface area (Å²) in [6, 6.07) is 16.4. The lowest BCUT2D eigenvalue weighted by molar-refractivity contribution is -0.180. The number of rotatable bonds is 6. The predicted molar refractivity (Wildman–Crippen MR) is 170 cm³/mol. The van der Waals surface area contributed by atoms with E-state index in [1.165, 1.54) is 17.7 Å². The van der Waals surface area contributed by atoms with E-state index in [0.717, 1.165) is 53.9 Å². The number of fused-ring (bicyclic) bond motifs is 6. The normalized spacial score (nSPS) is 33.0. The highest BCUT2D eigenvalue weighted by molar-refractivity contribution is 5.88. The summed E-state index contributed by atoms with van der Waals surface area (Å²) in [5.74, 6) is -0.200. The molecule has 2 aromatic carbocycles. The van der Waals surface area contributed by atoms with Gasteiger partial charge in [-0.05, 0) is 103 Å². The van der Waals surface area contributed by atoms with Gasteiger partial charge in [-0.1, -0.05) is 55.0 Å². The molecule has 0 aliphatic heterocycles. The topological polar surface area (TPSA) is 106 Å². The maximum atomic E-state index is 13.9. The van der Waals surface area contributed by atoms with Crippen LogP contribution < -0.4 is 0 Å². The quantitative estimate of drug-likeness (QED) is 0.301. The van der Waals surface area contributed by atoms with Crippen molar-refractivity contribution in [3.63, 3.8) is 0 Å². The molecule has 2 N–H and O–H groups in total. The van der Waals surface area contributed by atoms with Crippen molar-refractivity contribution in [2.75, 3.05) is 0 Å². The first kappa shape index (κ1) is 29.5. The van der Waals surface area contributed by atoms with Gasteiger partial charge in [0.2, 0.25) is 0 Å². The second kappa shape index (κ2) is 10.5. The molecule has 0 amide bonds. The lowest BCUT2D eigenvalue weighted by Crippen LogP contribution is -2.62. The van der Waals surface area contributed by atoms with Gasteiger partial charge in [-0.3, -0.25) is 4.79 Å². The van der Waals surface area contributed by atoms with E-state index in [0.29, 0.717) is 19.3 Å². The largest absolute Gasteiger partial charge is 0.393 e. The van der Waals surface area contributed by atoms with Gasteiger partial charge in [0, 0.05) is 18.0 Å².